The summed E-state index contributed by atoms with van der Waals surface area (Å²) in [4.78, 5) is 1.20. The molecular weight excluding hydrogens is 236 g/mol. The van der Waals surface area contributed by atoms with Gasteiger partial charge in [0.15, 0.2) is 6.29 Å². The van der Waals surface area contributed by atoms with Crippen LogP contribution in [0.25, 0.3) is 0 Å². The molecule has 1 saturated heterocycles. The number of aryl methyl sites for hydroxylation is 1. The van der Waals surface area contributed by atoms with E-state index in [4.69, 9.17) is 9.47 Å². The summed E-state index contributed by atoms with van der Waals surface area (Å²) >= 11 is 1.65. The van der Waals surface area contributed by atoms with Gasteiger partial charge in [0.1, 0.15) is 5.60 Å². The zero-order valence-corrected chi connectivity index (χ0v) is 11.3. The molecule has 0 saturated carbocycles. The van der Waals surface area contributed by atoms with Gasteiger partial charge in [-0.25, -0.2) is 0 Å². The summed E-state index contributed by atoms with van der Waals surface area (Å²) in [6.45, 7) is 4.88. The minimum Gasteiger partial charge on any atom is -0.383 e. The van der Waals surface area contributed by atoms with Gasteiger partial charge in [-0.15, -0.1) is 11.3 Å². The molecule has 0 spiro atoms. The maximum Gasteiger partial charge on any atom is 0.157 e. The topological polar surface area (TPSA) is 38.7 Å². The fourth-order valence-electron chi connectivity index (χ4n) is 1.91. The van der Waals surface area contributed by atoms with E-state index in [-0.39, 0.29) is 12.9 Å². The van der Waals surface area contributed by atoms with Gasteiger partial charge in [0.2, 0.25) is 0 Å². The van der Waals surface area contributed by atoms with Crippen molar-refractivity contribution in [1.29, 1.82) is 0 Å². The van der Waals surface area contributed by atoms with Crippen molar-refractivity contribution in [3.8, 4) is 0 Å². The molecule has 1 aromatic heterocycles. The molecule has 0 bridgehead atoms. The summed E-state index contributed by atoms with van der Waals surface area (Å²) in [5.41, 5.74) is 0.00164. The fraction of sp³-hybridized carbons (Fsp3) is 0.692. The van der Waals surface area contributed by atoms with Crippen molar-refractivity contribution in [2.45, 2.75) is 45.0 Å². The van der Waals surface area contributed by atoms with Crippen LogP contribution in [0.3, 0.4) is 0 Å². The number of hydrogen-bond donors (Lipinski definition) is 1. The van der Waals surface area contributed by atoms with Gasteiger partial charge in [-0.3, -0.25) is 0 Å². The van der Waals surface area contributed by atoms with Gasteiger partial charge >= 0.3 is 0 Å². The van der Waals surface area contributed by atoms with E-state index in [0.29, 0.717) is 0 Å². The quantitative estimate of drug-likeness (QED) is 0.900. The minimum absolute atomic E-state index is 0.144. The van der Waals surface area contributed by atoms with Crippen molar-refractivity contribution >= 4 is 11.3 Å². The first-order valence-corrected chi connectivity index (χ1v) is 6.97. The largest absolute Gasteiger partial charge is 0.383 e. The first-order valence-electron chi connectivity index (χ1n) is 6.09. The molecule has 4 heteroatoms. The molecule has 96 valence electrons. The predicted octanol–water partition coefficient (Wildman–Crippen LogP) is 2.81. The maximum atomic E-state index is 10.4. The monoisotopic (exact) mass is 256 g/mol. The Balaban J connectivity index is 1.88. The molecule has 17 heavy (non-hydrogen) atoms. The van der Waals surface area contributed by atoms with E-state index in [2.05, 4.69) is 0 Å². The first-order chi connectivity index (χ1) is 8.08. The molecule has 0 aliphatic carbocycles. The SMILES string of the molecule is Cc1cc(C(C)(O)COC2CCCCO2)cs1. The number of hydrogen-bond acceptors (Lipinski definition) is 4. The summed E-state index contributed by atoms with van der Waals surface area (Å²) in [6.07, 6.45) is 3.04. The number of thiophene rings is 1. The molecule has 0 amide bonds. The van der Waals surface area contributed by atoms with Crippen LogP contribution in [0.4, 0.5) is 0 Å². The minimum atomic E-state index is -0.925. The van der Waals surface area contributed by atoms with Crippen LogP contribution in [0.2, 0.25) is 0 Å². The highest BCUT2D eigenvalue weighted by molar-refractivity contribution is 7.10. The predicted molar refractivity (Wildman–Crippen MR) is 68.2 cm³/mol. The van der Waals surface area contributed by atoms with Crippen molar-refractivity contribution in [3.05, 3.63) is 21.9 Å². The van der Waals surface area contributed by atoms with Crippen LogP contribution in [-0.4, -0.2) is 24.6 Å². The third kappa shape index (κ3) is 3.52. The Bertz CT molecular complexity index is 353. The van der Waals surface area contributed by atoms with Crippen LogP contribution in [0.1, 0.15) is 36.6 Å². The van der Waals surface area contributed by atoms with Gasteiger partial charge in [0.05, 0.1) is 6.61 Å². The zero-order valence-electron chi connectivity index (χ0n) is 10.4. The third-order valence-electron chi connectivity index (χ3n) is 3.04. The molecule has 2 heterocycles. The molecule has 2 rings (SSSR count). The summed E-state index contributed by atoms with van der Waals surface area (Å²) in [6, 6.07) is 2.01. The van der Waals surface area contributed by atoms with Crippen LogP contribution in [0.5, 0.6) is 0 Å². The van der Waals surface area contributed by atoms with Crippen molar-refractivity contribution in [3.63, 3.8) is 0 Å². The molecule has 1 fully saturated rings. The number of ether oxygens (including phenoxy) is 2. The highest BCUT2D eigenvalue weighted by Gasteiger charge is 2.27. The maximum absolute atomic E-state index is 10.4. The lowest BCUT2D eigenvalue weighted by Gasteiger charge is -2.28. The van der Waals surface area contributed by atoms with Crippen LogP contribution in [-0.2, 0) is 15.1 Å². The van der Waals surface area contributed by atoms with Crippen LogP contribution < -0.4 is 0 Å². The van der Waals surface area contributed by atoms with E-state index in [0.717, 1.165) is 31.4 Å². The Morgan fingerprint density at radius 3 is 3.00 bits per heavy atom. The normalized spacial score (nSPS) is 24.5. The van der Waals surface area contributed by atoms with Crippen LogP contribution >= 0.6 is 11.3 Å². The highest BCUT2D eigenvalue weighted by atomic mass is 32.1. The van der Waals surface area contributed by atoms with E-state index >= 15 is 0 Å². The van der Waals surface area contributed by atoms with E-state index < -0.39 is 5.60 Å². The van der Waals surface area contributed by atoms with Gasteiger partial charge in [-0.05, 0) is 50.1 Å². The lowest BCUT2D eigenvalue weighted by molar-refractivity contribution is -0.190. The molecule has 1 aliphatic heterocycles. The summed E-state index contributed by atoms with van der Waals surface area (Å²) < 4.78 is 11.1. The molecule has 0 radical (unpaired) electrons. The van der Waals surface area contributed by atoms with Crippen LogP contribution in [0.15, 0.2) is 11.4 Å². The van der Waals surface area contributed by atoms with Crippen molar-refractivity contribution in [1.82, 2.24) is 0 Å². The first kappa shape index (κ1) is 13.0. The van der Waals surface area contributed by atoms with Gasteiger partial charge in [0.25, 0.3) is 0 Å². The summed E-state index contributed by atoms with van der Waals surface area (Å²) in [5, 5.41) is 12.3. The van der Waals surface area contributed by atoms with Gasteiger partial charge in [-0.2, -0.15) is 0 Å². The lowest BCUT2D eigenvalue weighted by Crippen LogP contribution is -2.32. The molecule has 2 unspecified atom stereocenters. The van der Waals surface area contributed by atoms with Gasteiger partial charge in [0, 0.05) is 11.5 Å². The van der Waals surface area contributed by atoms with Crippen molar-refractivity contribution in [2.75, 3.05) is 13.2 Å². The smallest absolute Gasteiger partial charge is 0.157 e. The number of rotatable bonds is 4. The van der Waals surface area contributed by atoms with Crippen LogP contribution in [0, 0.1) is 6.92 Å². The average Bonchev–Trinajstić information content (AvgIpc) is 2.76. The standard InChI is InChI=1S/C13H20O3S/c1-10-7-11(8-17-10)13(2,14)9-16-12-5-3-4-6-15-12/h7-8,12,14H,3-6,9H2,1-2H3. The Kier molecular flexibility index (Phi) is 4.20. The van der Waals surface area contributed by atoms with Gasteiger partial charge < -0.3 is 14.6 Å². The summed E-state index contributed by atoms with van der Waals surface area (Å²) in [7, 11) is 0. The second kappa shape index (κ2) is 5.48. The molecule has 1 N–H and O–H groups in total. The van der Waals surface area contributed by atoms with Crippen molar-refractivity contribution < 1.29 is 14.6 Å². The lowest BCUT2D eigenvalue weighted by atomic mass is 10.0. The molecule has 1 aliphatic rings. The van der Waals surface area contributed by atoms with E-state index in [1.54, 1.807) is 18.3 Å². The number of aliphatic hydroxyl groups is 1. The average molecular weight is 256 g/mol. The van der Waals surface area contributed by atoms with Gasteiger partial charge in [-0.1, -0.05) is 0 Å². The fourth-order valence-corrected chi connectivity index (χ4v) is 2.74. The molecular formula is C13H20O3S. The second-order valence-electron chi connectivity index (χ2n) is 4.83. The van der Waals surface area contributed by atoms with E-state index in [9.17, 15) is 5.11 Å². The zero-order chi connectivity index (χ0) is 12.3. The second-order valence-corrected chi connectivity index (χ2v) is 5.94. The third-order valence-corrected chi connectivity index (χ3v) is 3.90. The highest BCUT2D eigenvalue weighted by Crippen LogP contribution is 2.27. The molecule has 1 aromatic rings. The molecule has 2 atom stereocenters. The Morgan fingerprint density at radius 2 is 2.41 bits per heavy atom. The molecule has 0 aromatic carbocycles. The Morgan fingerprint density at radius 1 is 1.59 bits per heavy atom. The van der Waals surface area contributed by atoms with E-state index in [1.165, 1.54) is 4.88 Å². The summed E-state index contributed by atoms with van der Waals surface area (Å²) in [5.74, 6) is 0. The van der Waals surface area contributed by atoms with Crippen molar-refractivity contribution in [2.24, 2.45) is 0 Å². The Hall–Kier alpha value is -0.420. The molecule has 3 nitrogen and oxygen atoms in total. The van der Waals surface area contributed by atoms with E-state index in [1.807, 2.05) is 18.4 Å². The Labute approximate surface area is 106 Å².